The zero-order chi connectivity index (χ0) is 13.0. The second-order valence-electron chi connectivity index (χ2n) is 3.64. The highest BCUT2D eigenvalue weighted by atomic mass is 35.5. The first-order valence-electron chi connectivity index (χ1n) is 5.41. The minimum Gasteiger partial charge on any atom is -0.493 e. The molecule has 2 rings (SSSR count). The van der Waals surface area contributed by atoms with Gasteiger partial charge in [-0.05, 0) is 23.1 Å². The number of hydrogen-bond acceptors (Lipinski definition) is 4. The fraction of sp³-hybridized carbons (Fsp3) is 0.231. The summed E-state index contributed by atoms with van der Waals surface area (Å²) in [6, 6.07) is 5.82. The van der Waals surface area contributed by atoms with Crippen LogP contribution in [0.5, 0.6) is 11.5 Å². The van der Waals surface area contributed by atoms with Gasteiger partial charge < -0.3 is 14.8 Å². The summed E-state index contributed by atoms with van der Waals surface area (Å²) in [5, 5.41) is 7.96. The number of rotatable bonds is 5. The molecule has 0 saturated carbocycles. The van der Waals surface area contributed by atoms with Crippen LogP contribution in [-0.2, 0) is 6.54 Å². The zero-order valence-electron chi connectivity index (χ0n) is 10.2. The summed E-state index contributed by atoms with van der Waals surface area (Å²) in [4.78, 5) is 0. The van der Waals surface area contributed by atoms with Crippen molar-refractivity contribution in [2.24, 2.45) is 0 Å². The van der Waals surface area contributed by atoms with Gasteiger partial charge >= 0.3 is 0 Å². The van der Waals surface area contributed by atoms with Gasteiger partial charge in [-0.1, -0.05) is 17.7 Å². The minimum atomic E-state index is 0.573. The summed E-state index contributed by atoms with van der Waals surface area (Å²) < 4.78 is 10.5. The smallest absolute Gasteiger partial charge is 0.179 e. The summed E-state index contributed by atoms with van der Waals surface area (Å²) in [6.07, 6.45) is 0. The average Bonchev–Trinajstić information content (AvgIpc) is 2.90. The molecule has 0 aliphatic rings. The largest absolute Gasteiger partial charge is 0.493 e. The summed E-state index contributed by atoms with van der Waals surface area (Å²) in [5.74, 6) is 1.21. The molecule has 0 atom stereocenters. The molecule has 1 N–H and O–H groups in total. The molecule has 3 nitrogen and oxygen atoms in total. The number of ether oxygens (including phenoxy) is 2. The number of halogens is 1. The van der Waals surface area contributed by atoms with Crippen molar-refractivity contribution in [2.45, 2.75) is 6.54 Å². The first-order chi connectivity index (χ1) is 8.76. The van der Waals surface area contributed by atoms with Gasteiger partial charge in [-0.3, -0.25) is 0 Å². The molecular weight excluding hydrogens is 270 g/mol. The Morgan fingerprint density at radius 3 is 2.67 bits per heavy atom. The van der Waals surface area contributed by atoms with Gasteiger partial charge in [0.2, 0.25) is 0 Å². The maximum Gasteiger partial charge on any atom is 0.179 e. The van der Waals surface area contributed by atoms with Crippen LogP contribution in [0.1, 0.15) is 5.56 Å². The van der Waals surface area contributed by atoms with Crippen LogP contribution in [-0.4, -0.2) is 14.2 Å². The van der Waals surface area contributed by atoms with Gasteiger partial charge in [0.05, 0.1) is 19.2 Å². The molecule has 18 heavy (non-hydrogen) atoms. The molecule has 5 heteroatoms. The van der Waals surface area contributed by atoms with E-state index in [9.17, 15) is 0 Å². The lowest BCUT2D eigenvalue weighted by Gasteiger charge is -2.13. The third-order valence-corrected chi connectivity index (χ3v) is 3.67. The molecule has 0 radical (unpaired) electrons. The number of nitrogens with one attached hydrogen (secondary N) is 1. The molecular formula is C13H14ClNO2S. The molecule has 1 aromatic carbocycles. The Balaban J connectivity index is 2.18. The Morgan fingerprint density at radius 2 is 2.06 bits per heavy atom. The van der Waals surface area contributed by atoms with E-state index in [1.165, 1.54) is 0 Å². The number of benzene rings is 1. The lowest BCUT2D eigenvalue weighted by atomic mass is 10.2. The van der Waals surface area contributed by atoms with Crippen molar-refractivity contribution >= 4 is 28.6 Å². The molecule has 1 heterocycles. The van der Waals surface area contributed by atoms with Crippen molar-refractivity contribution in [3.8, 4) is 11.5 Å². The van der Waals surface area contributed by atoms with Crippen LogP contribution in [0.3, 0.4) is 0 Å². The van der Waals surface area contributed by atoms with Gasteiger partial charge in [-0.2, -0.15) is 11.3 Å². The lowest BCUT2D eigenvalue weighted by molar-refractivity contribution is 0.355. The number of thiophene rings is 1. The standard InChI is InChI=1S/C13H14ClNO2S/c1-16-11-4-3-9(12(14)13(11)17-2)7-15-10-5-6-18-8-10/h3-6,8,15H,7H2,1-2H3. The van der Waals surface area contributed by atoms with Gasteiger partial charge in [0.25, 0.3) is 0 Å². The van der Waals surface area contributed by atoms with Gasteiger partial charge in [0, 0.05) is 17.6 Å². The Labute approximate surface area is 115 Å². The fourth-order valence-corrected chi connectivity index (χ4v) is 2.54. The van der Waals surface area contributed by atoms with E-state index in [-0.39, 0.29) is 0 Å². The van der Waals surface area contributed by atoms with Crippen LogP contribution in [0.25, 0.3) is 0 Å². The maximum atomic E-state index is 6.29. The highest BCUT2D eigenvalue weighted by Crippen LogP contribution is 2.37. The van der Waals surface area contributed by atoms with Crippen molar-refractivity contribution < 1.29 is 9.47 Å². The molecule has 0 bridgehead atoms. The fourth-order valence-electron chi connectivity index (χ4n) is 1.63. The minimum absolute atomic E-state index is 0.573. The molecule has 96 valence electrons. The summed E-state index contributed by atoms with van der Waals surface area (Å²) in [7, 11) is 3.18. The average molecular weight is 284 g/mol. The predicted octanol–water partition coefficient (Wildman–Crippen LogP) is 4.03. The molecule has 0 unspecified atom stereocenters. The summed E-state index contributed by atoms with van der Waals surface area (Å²) in [5.41, 5.74) is 2.06. The van der Waals surface area contributed by atoms with E-state index in [1.807, 2.05) is 23.6 Å². The van der Waals surface area contributed by atoms with Crippen LogP contribution in [0, 0.1) is 0 Å². The first-order valence-corrected chi connectivity index (χ1v) is 6.73. The van der Waals surface area contributed by atoms with Crippen LogP contribution < -0.4 is 14.8 Å². The van der Waals surface area contributed by atoms with E-state index in [2.05, 4.69) is 10.7 Å². The topological polar surface area (TPSA) is 30.5 Å². The highest BCUT2D eigenvalue weighted by Gasteiger charge is 2.12. The summed E-state index contributed by atoms with van der Waals surface area (Å²) in [6.45, 7) is 0.649. The van der Waals surface area contributed by atoms with E-state index >= 15 is 0 Å². The molecule has 0 spiro atoms. The van der Waals surface area contributed by atoms with Crippen LogP contribution in [0.4, 0.5) is 5.69 Å². The molecule has 0 amide bonds. The van der Waals surface area contributed by atoms with Crippen molar-refractivity contribution in [1.29, 1.82) is 0 Å². The van der Waals surface area contributed by atoms with Gasteiger partial charge in [-0.25, -0.2) is 0 Å². The summed E-state index contributed by atoms with van der Waals surface area (Å²) >= 11 is 7.94. The Hall–Kier alpha value is -1.39. The highest BCUT2D eigenvalue weighted by molar-refractivity contribution is 7.08. The quantitative estimate of drug-likeness (QED) is 0.899. The lowest BCUT2D eigenvalue weighted by Crippen LogP contribution is -2.01. The molecule has 0 aliphatic carbocycles. The van der Waals surface area contributed by atoms with Gasteiger partial charge in [0.15, 0.2) is 11.5 Å². The van der Waals surface area contributed by atoms with E-state index in [4.69, 9.17) is 21.1 Å². The van der Waals surface area contributed by atoms with Gasteiger partial charge in [-0.15, -0.1) is 0 Å². The van der Waals surface area contributed by atoms with Crippen molar-refractivity contribution in [2.75, 3.05) is 19.5 Å². The third kappa shape index (κ3) is 2.71. The molecule has 2 aromatic rings. The van der Waals surface area contributed by atoms with E-state index in [1.54, 1.807) is 25.6 Å². The van der Waals surface area contributed by atoms with Crippen molar-refractivity contribution in [3.63, 3.8) is 0 Å². The normalized spacial score (nSPS) is 10.2. The molecule has 1 aromatic heterocycles. The Bertz CT molecular complexity index is 514. The number of hydrogen-bond donors (Lipinski definition) is 1. The third-order valence-electron chi connectivity index (χ3n) is 2.57. The predicted molar refractivity (Wildman–Crippen MR) is 76.2 cm³/mol. The SMILES string of the molecule is COc1ccc(CNc2ccsc2)c(Cl)c1OC. The van der Waals surface area contributed by atoms with Crippen LogP contribution >= 0.6 is 22.9 Å². The Kier molecular flexibility index (Phi) is 4.33. The monoisotopic (exact) mass is 283 g/mol. The van der Waals surface area contributed by atoms with Crippen LogP contribution in [0.15, 0.2) is 29.0 Å². The molecule has 0 fully saturated rings. The van der Waals surface area contributed by atoms with E-state index in [0.717, 1.165) is 11.3 Å². The molecule has 0 aliphatic heterocycles. The van der Waals surface area contributed by atoms with E-state index in [0.29, 0.717) is 23.1 Å². The van der Waals surface area contributed by atoms with Crippen molar-refractivity contribution in [3.05, 3.63) is 39.5 Å². The first kappa shape index (κ1) is 13.1. The maximum absolute atomic E-state index is 6.29. The Morgan fingerprint density at radius 1 is 1.22 bits per heavy atom. The zero-order valence-corrected chi connectivity index (χ0v) is 11.8. The second kappa shape index (κ2) is 5.98. The molecule has 0 saturated heterocycles. The van der Waals surface area contributed by atoms with E-state index < -0.39 is 0 Å². The second-order valence-corrected chi connectivity index (χ2v) is 4.80. The number of methoxy groups -OCH3 is 2. The van der Waals surface area contributed by atoms with Gasteiger partial charge in [0.1, 0.15) is 0 Å². The van der Waals surface area contributed by atoms with Crippen LogP contribution in [0.2, 0.25) is 5.02 Å². The number of anilines is 1. The van der Waals surface area contributed by atoms with Crippen molar-refractivity contribution in [1.82, 2.24) is 0 Å².